The lowest BCUT2D eigenvalue weighted by Gasteiger charge is -2.27. The van der Waals surface area contributed by atoms with Crippen molar-refractivity contribution in [3.8, 4) is 0 Å². The smallest absolute Gasteiger partial charge is 0.256 e. The van der Waals surface area contributed by atoms with E-state index in [9.17, 15) is 4.79 Å². The SMILES string of the molecule is CC=C1C[C@@H]2[C@H](OC)Nc3ccccc3C(=O)N2C1. The molecule has 0 radical (unpaired) electrons. The van der Waals surface area contributed by atoms with Crippen LogP contribution in [0.5, 0.6) is 0 Å². The van der Waals surface area contributed by atoms with Gasteiger partial charge in [-0.25, -0.2) is 0 Å². The molecular formula is C15H18N2O2. The zero-order chi connectivity index (χ0) is 13.4. The maximum absolute atomic E-state index is 12.6. The molecule has 2 aliphatic heterocycles. The molecule has 0 spiro atoms. The van der Waals surface area contributed by atoms with Gasteiger partial charge in [-0.05, 0) is 25.5 Å². The lowest BCUT2D eigenvalue weighted by molar-refractivity contribution is 0.0420. The second kappa shape index (κ2) is 4.70. The lowest BCUT2D eigenvalue weighted by atomic mass is 10.1. The number of carbonyl (C=O) groups excluding carboxylic acids is 1. The maximum atomic E-state index is 12.6. The van der Waals surface area contributed by atoms with Gasteiger partial charge in [-0.1, -0.05) is 23.8 Å². The van der Waals surface area contributed by atoms with Gasteiger partial charge in [0.15, 0.2) is 0 Å². The number of amides is 1. The van der Waals surface area contributed by atoms with E-state index in [0.29, 0.717) is 6.54 Å². The fraction of sp³-hybridized carbons (Fsp3) is 0.400. The molecule has 0 unspecified atom stereocenters. The van der Waals surface area contributed by atoms with Crippen molar-refractivity contribution in [3.05, 3.63) is 41.5 Å². The molecule has 0 aliphatic carbocycles. The van der Waals surface area contributed by atoms with Crippen molar-refractivity contribution in [1.82, 2.24) is 4.90 Å². The molecular weight excluding hydrogens is 240 g/mol. The van der Waals surface area contributed by atoms with Crippen molar-refractivity contribution in [2.24, 2.45) is 0 Å². The molecule has 2 atom stereocenters. The van der Waals surface area contributed by atoms with Crippen LogP contribution in [0.1, 0.15) is 23.7 Å². The number of benzene rings is 1. The number of nitrogens with zero attached hydrogens (tertiary/aromatic N) is 1. The summed E-state index contributed by atoms with van der Waals surface area (Å²) in [5.74, 6) is 0.0875. The fourth-order valence-corrected chi connectivity index (χ4v) is 2.90. The number of hydrogen-bond donors (Lipinski definition) is 1. The number of anilines is 1. The largest absolute Gasteiger partial charge is 0.360 e. The summed E-state index contributed by atoms with van der Waals surface area (Å²) in [5.41, 5.74) is 2.88. The number of para-hydroxylation sites is 1. The molecule has 1 aromatic rings. The standard InChI is InChI=1S/C15H18N2O2/c1-3-10-8-13-14(19-2)16-12-7-5-4-6-11(12)15(18)17(13)9-10/h3-7,13-14,16H,8-9H2,1-2H3/t13-,14+/m1/s1. The first-order valence-electron chi connectivity index (χ1n) is 6.58. The van der Waals surface area contributed by atoms with Gasteiger partial charge in [-0.15, -0.1) is 0 Å². The zero-order valence-corrected chi connectivity index (χ0v) is 11.2. The highest BCUT2D eigenvalue weighted by molar-refractivity contribution is 6.01. The Hall–Kier alpha value is -1.81. The first kappa shape index (κ1) is 12.2. The highest BCUT2D eigenvalue weighted by atomic mass is 16.5. The van der Waals surface area contributed by atoms with E-state index >= 15 is 0 Å². The third-order valence-corrected chi connectivity index (χ3v) is 3.97. The first-order valence-corrected chi connectivity index (χ1v) is 6.58. The van der Waals surface area contributed by atoms with E-state index in [1.807, 2.05) is 36.1 Å². The molecule has 1 saturated heterocycles. The summed E-state index contributed by atoms with van der Waals surface area (Å²) >= 11 is 0. The molecule has 3 rings (SSSR count). The second-order valence-electron chi connectivity index (χ2n) is 5.00. The molecule has 2 aliphatic rings. The van der Waals surface area contributed by atoms with E-state index in [2.05, 4.69) is 11.4 Å². The van der Waals surface area contributed by atoms with Crippen LogP contribution >= 0.6 is 0 Å². The Kier molecular flexibility index (Phi) is 3.03. The van der Waals surface area contributed by atoms with Crippen LogP contribution in [0.2, 0.25) is 0 Å². The van der Waals surface area contributed by atoms with Crippen LogP contribution in [0, 0.1) is 0 Å². The normalized spacial score (nSPS) is 27.8. The summed E-state index contributed by atoms with van der Waals surface area (Å²) in [6.45, 7) is 2.73. The number of ether oxygens (including phenoxy) is 1. The van der Waals surface area contributed by atoms with Crippen molar-refractivity contribution in [2.75, 3.05) is 19.0 Å². The Morgan fingerprint density at radius 3 is 2.95 bits per heavy atom. The Bertz CT molecular complexity index is 539. The Balaban J connectivity index is 2.05. The van der Waals surface area contributed by atoms with Crippen molar-refractivity contribution < 1.29 is 9.53 Å². The highest BCUT2D eigenvalue weighted by Crippen LogP contribution is 2.33. The van der Waals surface area contributed by atoms with Gasteiger partial charge in [0.25, 0.3) is 5.91 Å². The van der Waals surface area contributed by atoms with Gasteiger partial charge in [0, 0.05) is 19.3 Å². The fourth-order valence-electron chi connectivity index (χ4n) is 2.90. The zero-order valence-electron chi connectivity index (χ0n) is 11.2. The Morgan fingerprint density at radius 2 is 2.21 bits per heavy atom. The van der Waals surface area contributed by atoms with Gasteiger partial charge in [-0.3, -0.25) is 4.79 Å². The Morgan fingerprint density at radius 1 is 1.42 bits per heavy atom. The summed E-state index contributed by atoms with van der Waals surface area (Å²) < 4.78 is 5.55. The molecule has 4 heteroatoms. The number of rotatable bonds is 1. The van der Waals surface area contributed by atoms with Crippen LogP contribution in [0.15, 0.2) is 35.9 Å². The highest BCUT2D eigenvalue weighted by Gasteiger charge is 2.40. The van der Waals surface area contributed by atoms with E-state index in [-0.39, 0.29) is 18.2 Å². The first-order chi connectivity index (χ1) is 9.24. The predicted octanol–water partition coefficient (Wildman–Crippen LogP) is 2.25. The number of fused-ring (bicyclic) bond motifs is 2. The average molecular weight is 258 g/mol. The number of carbonyl (C=O) groups is 1. The molecule has 0 aromatic heterocycles. The molecule has 2 heterocycles. The molecule has 1 fully saturated rings. The van der Waals surface area contributed by atoms with E-state index in [1.165, 1.54) is 5.57 Å². The average Bonchev–Trinajstić information content (AvgIpc) is 2.84. The van der Waals surface area contributed by atoms with Gasteiger partial charge in [-0.2, -0.15) is 0 Å². The minimum absolute atomic E-state index is 0.0658. The van der Waals surface area contributed by atoms with Gasteiger partial charge >= 0.3 is 0 Å². The van der Waals surface area contributed by atoms with Crippen molar-refractivity contribution in [1.29, 1.82) is 0 Å². The molecule has 1 aromatic carbocycles. The van der Waals surface area contributed by atoms with Crippen molar-refractivity contribution >= 4 is 11.6 Å². The summed E-state index contributed by atoms with van der Waals surface area (Å²) in [6, 6.07) is 7.69. The minimum atomic E-state index is -0.162. The summed E-state index contributed by atoms with van der Waals surface area (Å²) in [7, 11) is 1.68. The minimum Gasteiger partial charge on any atom is -0.360 e. The number of allylic oxidation sites excluding steroid dienone is 1. The monoisotopic (exact) mass is 258 g/mol. The van der Waals surface area contributed by atoms with E-state index in [1.54, 1.807) is 7.11 Å². The van der Waals surface area contributed by atoms with Gasteiger partial charge < -0.3 is 15.0 Å². The third-order valence-electron chi connectivity index (χ3n) is 3.97. The predicted molar refractivity (Wildman–Crippen MR) is 74.1 cm³/mol. The van der Waals surface area contributed by atoms with Gasteiger partial charge in [0.2, 0.25) is 0 Å². The summed E-state index contributed by atoms with van der Waals surface area (Å²) in [5, 5.41) is 3.34. The molecule has 19 heavy (non-hydrogen) atoms. The van der Waals surface area contributed by atoms with Crippen LogP contribution in [0.4, 0.5) is 5.69 Å². The Labute approximate surface area is 113 Å². The van der Waals surface area contributed by atoms with Crippen molar-refractivity contribution in [2.45, 2.75) is 25.6 Å². The van der Waals surface area contributed by atoms with Crippen LogP contribution in [0.25, 0.3) is 0 Å². The molecule has 100 valence electrons. The van der Waals surface area contributed by atoms with Crippen LogP contribution in [-0.2, 0) is 4.74 Å². The maximum Gasteiger partial charge on any atom is 0.256 e. The van der Waals surface area contributed by atoms with Crippen LogP contribution in [0.3, 0.4) is 0 Å². The van der Waals surface area contributed by atoms with E-state index in [0.717, 1.165) is 17.7 Å². The van der Waals surface area contributed by atoms with Crippen LogP contribution < -0.4 is 5.32 Å². The molecule has 1 amide bonds. The number of hydrogen-bond acceptors (Lipinski definition) is 3. The molecule has 1 N–H and O–H groups in total. The van der Waals surface area contributed by atoms with Gasteiger partial charge in [0.05, 0.1) is 11.6 Å². The van der Waals surface area contributed by atoms with Gasteiger partial charge in [0.1, 0.15) is 6.23 Å². The molecule has 4 nitrogen and oxygen atoms in total. The van der Waals surface area contributed by atoms with Crippen LogP contribution in [-0.4, -0.2) is 36.7 Å². The van der Waals surface area contributed by atoms with E-state index < -0.39 is 0 Å². The van der Waals surface area contributed by atoms with Crippen molar-refractivity contribution in [3.63, 3.8) is 0 Å². The third kappa shape index (κ3) is 1.92. The lowest BCUT2D eigenvalue weighted by Crippen LogP contribution is -2.44. The topological polar surface area (TPSA) is 41.6 Å². The summed E-state index contributed by atoms with van der Waals surface area (Å²) in [6.07, 6.45) is 2.81. The number of nitrogens with one attached hydrogen (secondary N) is 1. The number of methoxy groups -OCH3 is 1. The molecule has 0 saturated carbocycles. The second-order valence-corrected chi connectivity index (χ2v) is 5.00. The quantitative estimate of drug-likeness (QED) is 0.785. The molecule has 0 bridgehead atoms. The van der Waals surface area contributed by atoms with E-state index in [4.69, 9.17) is 4.74 Å². The summed E-state index contributed by atoms with van der Waals surface area (Å²) in [4.78, 5) is 14.6.